The van der Waals surface area contributed by atoms with Crippen LogP contribution in [0.1, 0.15) is 19.5 Å². The normalized spacial score (nSPS) is 10.4. The molecular formula is C17H18BrCl2N7O. The number of fused-ring (bicyclic) bond motifs is 2. The lowest BCUT2D eigenvalue weighted by Gasteiger charge is -2.08. The molecule has 0 saturated heterocycles. The molecule has 0 amide bonds. The van der Waals surface area contributed by atoms with Gasteiger partial charge in [0.1, 0.15) is 11.2 Å². The monoisotopic (exact) mass is 485 g/mol. The highest BCUT2D eigenvalue weighted by Gasteiger charge is 2.17. The Morgan fingerprint density at radius 3 is 2.71 bits per heavy atom. The third kappa shape index (κ3) is 4.11. The molecule has 0 saturated carbocycles. The van der Waals surface area contributed by atoms with Crippen molar-refractivity contribution < 1.29 is 4.74 Å². The standard InChI is InChI=1S/C17H16BrN7O.2ClH/c1-3-9-13(18)12-15(21-9)24-17(25-16(12)26-4-2)23-11-8-20-10-6-5-7-19-14(10)22-11;;/h5-8H,3-4H2,1-2H3,(H2,19,21,22,23,24,25);2*1H. The molecule has 0 aliphatic carbocycles. The average molecular weight is 487 g/mol. The van der Waals surface area contributed by atoms with E-state index in [2.05, 4.69) is 58.1 Å². The second-order valence-corrected chi connectivity index (χ2v) is 6.30. The van der Waals surface area contributed by atoms with E-state index in [4.69, 9.17) is 4.74 Å². The highest BCUT2D eigenvalue weighted by atomic mass is 79.9. The van der Waals surface area contributed by atoms with Gasteiger partial charge in [0.15, 0.2) is 11.5 Å². The smallest absolute Gasteiger partial charge is 0.233 e. The fourth-order valence-electron chi connectivity index (χ4n) is 2.64. The molecule has 11 heteroatoms. The van der Waals surface area contributed by atoms with E-state index < -0.39 is 0 Å². The van der Waals surface area contributed by atoms with Crippen LogP contribution in [-0.4, -0.2) is 36.5 Å². The number of halogens is 3. The van der Waals surface area contributed by atoms with E-state index in [0.29, 0.717) is 35.5 Å². The lowest BCUT2D eigenvalue weighted by Crippen LogP contribution is -2.03. The molecule has 28 heavy (non-hydrogen) atoms. The van der Waals surface area contributed by atoms with Gasteiger partial charge in [0.25, 0.3) is 0 Å². The summed E-state index contributed by atoms with van der Waals surface area (Å²) in [4.78, 5) is 25.3. The van der Waals surface area contributed by atoms with E-state index in [1.165, 1.54) is 0 Å². The van der Waals surface area contributed by atoms with Gasteiger partial charge in [-0.1, -0.05) is 6.92 Å². The molecule has 0 spiro atoms. The quantitative estimate of drug-likeness (QED) is 0.424. The molecule has 0 aliphatic heterocycles. The Morgan fingerprint density at radius 2 is 1.96 bits per heavy atom. The SMILES string of the molecule is CCOc1nc(Nc2cnc3cccnc3n2)nc2[nH]c(CC)c(Br)c12.Cl.Cl. The van der Waals surface area contributed by atoms with Gasteiger partial charge < -0.3 is 15.0 Å². The van der Waals surface area contributed by atoms with Gasteiger partial charge in [-0.25, -0.2) is 15.0 Å². The van der Waals surface area contributed by atoms with Crippen molar-refractivity contribution in [3.63, 3.8) is 0 Å². The molecule has 0 fully saturated rings. The number of anilines is 2. The van der Waals surface area contributed by atoms with Crippen molar-refractivity contribution in [1.82, 2.24) is 29.9 Å². The summed E-state index contributed by atoms with van der Waals surface area (Å²) in [5, 5.41) is 3.92. The van der Waals surface area contributed by atoms with E-state index in [1.54, 1.807) is 12.4 Å². The van der Waals surface area contributed by atoms with Crippen molar-refractivity contribution in [3.05, 3.63) is 34.7 Å². The van der Waals surface area contributed by atoms with Crippen LogP contribution < -0.4 is 10.1 Å². The zero-order valence-corrected chi connectivity index (χ0v) is 18.3. The van der Waals surface area contributed by atoms with E-state index in [1.807, 2.05) is 19.1 Å². The number of nitrogens with one attached hydrogen (secondary N) is 2. The van der Waals surface area contributed by atoms with Crippen molar-refractivity contribution in [3.8, 4) is 5.88 Å². The van der Waals surface area contributed by atoms with Crippen LogP contribution in [0.5, 0.6) is 5.88 Å². The predicted molar refractivity (Wildman–Crippen MR) is 117 cm³/mol. The van der Waals surface area contributed by atoms with Crippen molar-refractivity contribution >= 4 is 74.7 Å². The van der Waals surface area contributed by atoms with E-state index >= 15 is 0 Å². The predicted octanol–water partition coefficient (Wildman–Crippen LogP) is 4.61. The number of pyridine rings is 1. The van der Waals surface area contributed by atoms with E-state index in [9.17, 15) is 0 Å². The van der Waals surface area contributed by atoms with Crippen LogP contribution >= 0.6 is 40.7 Å². The summed E-state index contributed by atoms with van der Waals surface area (Å²) in [5.41, 5.74) is 3.02. The summed E-state index contributed by atoms with van der Waals surface area (Å²) in [6.45, 7) is 4.49. The molecule has 0 radical (unpaired) electrons. The number of aryl methyl sites for hydroxylation is 1. The zero-order valence-electron chi connectivity index (χ0n) is 15.1. The Bertz CT molecular complexity index is 1110. The summed E-state index contributed by atoms with van der Waals surface area (Å²) in [6, 6.07) is 3.68. The number of hydrogen-bond acceptors (Lipinski definition) is 7. The second-order valence-electron chi connectivity index (χ2n) is 5.51. The van der Waals surface area contributed by atoms with Crippen LogP contribution in [0, 0.1) is 0 Å². The number of aromatic amines is 1. The van der Waals surface area contributed by atoms with Crippen LogP contribution in [0.4, 0.5) is 11.8 Å². The second kappa shape index (κ2) is 9.31. The molecule has 4 heterocycles. The topological polar surface area (TPSA) is 102 Å². The van der Waals surface area contributed by atoms with Gasteiger partial charge in [0, 0.05) is 11.9 Å². The van der Waals surface area contributed by atoms with Gasteiger partial charge in [-0.05, 0) is 41.4 Å². The third-order valence-corrected chi connectivity index (χ3v) is 4.70. The van der Waals surface area contributed by atoms with Crippen LogP contribution in [-0.2, 0) is 6.42 Å². The Hall–Kier alpha value is -2.23. The van der Waals surface area contributed by atoms with Gasteiger partial charge in [0.2, 0.25) is 11.8 Å². The first kappa shape index (κ1) is 22.1. The lowest BCUT2D eigenvalue weighted by atomic mass is 10.3. The molecule has 4 rings (SSSR count). The molecule has 8 nitrogen and oxygen atoms in total. The first-order valence-electron chi connectivity index (χ1n) is 8.25. The number of hydrogen-bond donors (Lipinski definition) is 2. The Labute approximate surface area is 181 Å². The van der Waals surface area contributed by atoms with E-state index in [0.717, 1.165) is 27.5 Å². The van der Waals surface area contributed by atoms with Crippen molar-refractivity contribution in [2.45, 2.75) is 20.3 Å². The maximum atomic E-state index is 5.72. The molecular weight excluding hydrogens is 469 g/mol. The molecule has 148 valence electrons. The lowest BCUT2D eigenvalue weighted by molar-refractivity contribution is 0.331. The number of nitrogens with zero attached hydrogens (tertiary/aromatic N) is 5. The minimum atomic E-state index is 0. The fourth-order valence-corrected chi connectivity index (χ4v) is 3.38. The van der Waals surface area contributed by atoms with Crippen molar-refractivity contribution in [2.75, 3.05) is 11.9 Å². The molecule has 2 N–H and O–H groups in total. The molecule has 4 aromatic rings. The molecule has 0 aliphatic rings. The number of aromatic nitrogens is 6. The van der Waals surface area contributed by atoms with Gasteiger partial charge in [-0.15, -0.1) is 24.8 Å². The molecule has 0 bridgehead atoms. The minimum Gasteiger partial charge on any atom is -0.477 e. The maximum absolute atomic E-state index is 5.72. The molecule has 0 unspecified atom stereocenters. The Kier molecular flexibility index (Phi) is 7.34. The van der Waals surface area contributed by atoms with Gasteiger partial charge >= 0.3 is 0 Å². The molecule has 4 aromatic heterocycles. The summed E-state index contributed by atoms with van der Waals surface area (Å²) in [6.07, 6.45) is 4.15. The first-order valence-corrected chi connectivity index (χ1v) is 9.04. The summed E-state index contributed by atoms with van der Waals surface area (Å²) < 4.78 is 6.65. The Balaban J connectivity index is 0.00000140. The number of ether oxygens (including phenoxy) is 1. The average Bonchev–Trinajstić information content (AvgIpc) is 2.98. The number of H-pyrrole nitrogens is 1. The van der Waals surface area contributed by atoms with Crippen molar-refractivity contribution in [1.29, 1.82) is 0 Å². The van der Waals surface area contributed by atoms with Crippen LogP contribution in [0.2, 0.25) is 0 Å². The van der Waals surface area contributed by atoms with Gasteiger partial charge in [0.05, 0.1) is 22.7 Å². The maximum Gasteiger partial charge on any atom is 0.233 e. The third-order valence-electron chi connectivity index (χ3n) is 3.82. The van der Waals surface area contributed by atoms with E-state index in [-0.39, 0.29) is 24.8 Å². The highest BCUT2D eigenvalue weighted by Crippen LogP contribution is 2.34. The molecule has 0 aromatic carbocycles. The van der Waals surface area contributed by atoms with Crippen LogP contribution in [0.3, 0.4) is 0 Å². The summed E-state index contributed by atoms with van der Waals surface area (Å²) in [5.74, 6) is 1.40. The molecule has 0 atom stereocenters. The van der Waals surface area contributed by atoms with Crippen LogP contribution in [0.15, 0.2) is 29.0 Å². The number of rotatable bonds is 5. The van der Waals surface area contributed by atoms with Crippen molar-refractivity contribution in [2.24, 2.45) is 0 Å². The largest absolute Gasteiger partial charge is 0.477 e. The fraction of sp³-hybridized carbons (Fsp3) is 0.235. The van der Waals surface area contributed by atoms with Crippen LogP contribution in [0.25, 0.3) is 22.2 Å². The first-order chi connectivity index (χ1) is 12.7. The van der Waals surface area contributed by atoms with Gasteiger partial charge in [-0.2, -0.15) is 9.97 Å². The summed E-state index contributed by atoms with van der Waals surface area (Å²) in [7, 11) is 0. The minimum absolute atomic E-state index is 0. The zero-order chi connectivity index (χ0) is 18.1. The van der Waals surface area contributed by atoms with Gasteiger partial charge in [-0.3, -0.25) is 0 Å². The Morgan fingerprint density at radius 1 is 1.14 bits per heavy atom. The summed E-state index contributed by atoms with van der Waals surface area (Å²) >= 11 is 3.61. The highest BCUT2D eigenvalue weighted by molar-refractivity contribution is 9.10.